The van der Waals surface area contributed by atoms with Crippen molar-refractivity contribution in [1.29, 1.82) is 0 Å². The van der Waals surface area contributed by atoms with E-state index in [0.29, 0.717) is 12.8 Å². The van der Waals surface area contributed by atoms with Crippen molar-refractivity contribution in [3.05, 3.63) is 35.2 Å². The standard InChI is InChI=1S/C15H16F2OS/c16-15(17)7-4-10(5-8-15)13(18)12-3-1-2-11-6-9-19-14(11)12/h1-3,6,9-10,13,18H,4-5,7-8H2. The fraction of sp³-hybridized carbons (Fsp3) is 0.467. The Labute approximate surface area is 114 Å². The second-order valence-electron chi connectivity index (χ2n) is 5.32. The van der Waals surface area contributed by atoms with Crippen LogP contribution in [-0.2, 0) is 0 Å². The van der Waals surface area contributed by atoms with Gasteiger partial charge < -0.3 is 5.11 Å². The highest BCUT2D eigenvalue weighted by Gasteiger charge is 2.37. The Hall–Kier alpha value is -1.00. The Morgan fingerprint density at radius 1 is 1.21 bits per heavy atom. The number of fused-ring (bicyclic) bond motifs is 1. The second kappa shape index (κ2) is 4.84. The Kier molecular flexibility index (Phi) is 3.31. The first-order valence-corrected chi connectivity index (χ1v) is 7.47. The molecule has 0 bridgehead atoms. The molecule has 3 rings (SSSR count). The van der Waals surface area contributed by atoms with Gasteiger partial charge >= 0.3 is 0 Å². The van der Waals surface area contributed by atoms with E-state index in [1.807, 2.05) is 29.6 Å². The van der Waals surface area contributed by atoms with Crippen molar-refractivity contribution in [3.63, 3.8) is 0 Å². The monoisotopic (exact) mass is 282 g/mol. The van der Waals surface area contributed by atoms with Crippen LogP contribution in [0.4, 0.5) is 8.78 Å². The summed E-state index contributed by atoms with van der Waals surface area (Å²) < 4.78 is 27.4. The second-order valence-corrected chi connectivity index (χ2v) is 6.24. The molecule has 2 aromatic rings. The van der Waals surface area contributed by atoms with Crippen LogP contribution in [-0.4, -0.2) is 11.0 Å². The van der Waals surface area contributed by atoms with Crippen molar-refractivity contribution in [2.45, 2.75) is 37.7 Å². The molecule has 0 amide bonds. The largest absolute Gasteiger partial charge is 0.388 e. The summed E-state index contributed by atoms with van der Waals surface area (Å²) in [6.45, 7) is 0. The molecular weight excluding hydrogens is 266 g/mol. The minimum absolute atomic E-state index is 0.0488. The van der Waals surface area contributed by atoms with Crippen LogP contribution in [0.2, 0.25) is 0 Å². The zero-order valence-corrected chi connectivity index (χ0v) is 11.3. The van der Waals surface area contributed by atoms with Gasteiger partial charge in [0.1, 0.15) is 0 Å². The number of hydrogen-bond donors (Lipinski definition) is 1. The van der Waals surface area contributed by atoms with Gasteiger partial charge in [-0.3, -0.25) is 0 Å². The highest BCUT2D eigenvalue weighted by molar-refractivity contribution is 7.17. The number of rotatable bonds is 2. The lowest BCUT2D eigenvalue weighted by atomic mass is 9.81. The molecule has 0 saturated heterocycles. The van der Waals surface area contributed by atoms with E-state index < -0.39 is 12.0 Å². The average Bonchev–Trinajstić information content (AvgIpc) is 2.86. The van der Waals surface area contributed by atoms with Gasteiger partial charge in [0.05, 0.1) is 6.10 Å². The van der Waals surface area contributed by atoms with Crippen molar-refractivity contribution < 1.29 is 13.9 Å². The molecule has 0 spiro atoms. The highest BCUT2D eigenvalue weighted by Crippen LogP contribution is 2.43. The van der Waals surface area contributed by atoms with Crippen molar-refractivity contribution in [2.75, 3.05) is 0 Å². The minimum Gasteiger partial charge on any atom is -0.388 e. The Bertz CT molecular complexity index is 568. The Morgan fingerprint density at radius 2 is 1.95 bits per heavy atom. The highest BCUT2D eigenvalue weighted by atomic mass is 32.1. The van der Waals surface area contributed by atoms with E-state index >= 15 is 0 Å². The van der Waals surface area contributed by atoms with Crippen LogP contribution in [0.25, 0.3) is 10.1 Å². The van der Waals surface area contributed by atoms with E-state index in [4.69, 9.17) is 0 Å². The maximum atomic E-state index is 13.2. The van der Waals surface area contributed by atoms with Crippen molar-refractivity contribution >= 4 is 21.4 Å². The number of benzene rings is 1. The van der Waals surface area contributed by atoms with Crippen LogP contribution in [0.1, 0.15) is 37.4 Å². The summed E-state index contributed by atoms with van der Waals surface area (Å²) >= 11 is 1.60. The number of hydrogen-bond acceptors (Lipinski definition) is 2. The first-order valence-electron chi connectivity index (χ1n) is 6.59. The zero-order chi connectivity index (χ0) is 13.5. The molecule has 19 heavy (non-hydrogen) atoms. The number of thiophene rings is 1. The van der Waals surface area contributed by atoms with E-state index in [1.54, 1.807) is 11.3 Å². The number of aliphatic hydroxyl groups excluding tert-OH is 1. The topological polar surface area (TPSA) is 20.2 Å². The Balaban J connectivity index is 1.84. The maximum absolute atomic E-state index is 13.2. The average molecular weight is 282 g/mol. The Morgan fingerprint density at radius 3 is 2.68 bits per heavy atom. The van der Waals surface area contributed by atoms with Gasteiger partial charge in [0.15, 0.2) is 0 Å². The fourth-order valence-corrected chi connectivity index (χ4v) is 3.83. The third-order valence-corrected chi connectivity index (χ3v) is 5.02. The molecule has 1 aromatic heterocycles. The van der Waals surface area contributed by atoms with E-state index in [9.17, 15) is 13.9 Å². The van der Waals surface area contributed by atoms with Gasteiger partial charge in [-0.25, -0.2) is 8.78 Å². The predicted molar refractivity (Wildman–Crippen MR) is 73.7 cm³/mol. The quantitative estimate of drug-likeness (QED) is 0.842. The molecule has 1 heterocycles. The third-order valence-electron chi connectivity index (χ3n) is 4.04. The first kappa shape index (κ1) is 13.0. The summed E-state index contributed by atoms with van der Waals surface area (Å²) in [7, 11) is 0. The third kappa shape index (κ3) is 2.51. The number of aliphatic hydroxyl groups is 1. The molecule has 1 fully saturated rings. The summed E-state index contributed by atoms with van der Waals surface area (Å²) in [5.41, 5.74) is 0.891. The molecule has 0 radical (unpaired) electrons. The van der Waals surface area contributed by atoms with E-state index in [0.717, 1.165) is 15.6 Å². The van der Waals surface area contributed by atoms with Crippen LogP contribution in [0.3, 0.4) is 0 Å². The first-order chi connectivity index (χ1) is 9.07. The van der Waals surface area contributed by atoms with Crippen LogP contribution >= 0.6 is 11.3 Å². The summed E-state index contributed by atoms with van der Waals surface area (Å²) in [6.07, 6.45) is -0.0330. The minimum atomic E-state index is -2.54. The molecule has 4 heteroatoms. The summed E-state index contributed by atoms with van der Waals surface area (Å²) in [4.78, 5) is 0. The molecule has 1 unspecified atom stereocenters. The van der Waals surface area contributed by atoms with Gasteiger partial charge in [-0.15, -0.1) is 11.3 Å². The SMILES string of the molecule is OC(c1cccc2ccsc12)C1CCC(F)(F)CC1. The van der Waals surface area contributed by atoms with Crippen LogP contribution in [0.15, 0.2) is 29.6 Å². The lowest BCUT2D eigenvalue weighted by molar-refractivity contribution is -0.0625. The van der Waals surface area contributed by atoms with E-state index in [2.05, 4.69) is 0 Å². The molecule has 1 N–H and O–H groups in total. The zero-order valence-electron chi connectivity index (χ0n) is 10.5. The molecule has 1 nitrogen and oxygen atoms in total. The molecule has 1 saturated carbocycles. The molecule has 1 aliphatic rings. The van der Waals surface area contributed by atoms with Crippen LogP contribution in [0.5, 0.6) is 0 Å². The molecular formula is C15H16F2OS. The number of halogens is 2. The molecule has 1 aromatic carbocycles. The molecule has 0 aliphatic heterocycles. The van der Waals surface area contributed by atoms with Gasteiger partial charge in [0, 0.05) is 17.5 Å². The fourth-order valence-electron chi connectivity index (χ4n) is 2.88. The lowest BCUT2D eigenvalue weighted by Gasteiger charge is -2.31. The van der Waals surface area contributed by atoms with Gasteiger partial charge in [-0.05, 0) is 41.2 Å². The van der Waals surface area contributed by atoms with Crippen molar-refractivity contribution in [1.82, 2.24) is 0 Å². The van der Waals surface area contributed by atoms with Gasteiger partial charge in [0.2, 0.25) is 5.92 Å². The lowest BCUT2D eigenvalue weighted by Crippen LogP contribution is -2.27. The molecule has 1 aliphatic carbocycles. The summed E-state index contributed by atoms with van der Waals surface area (Å²) in [5, 5.41) is 13.6. The van der Waals surface area contributed by atoms with E-state index in [-0.39, 0.29) is 18.8 Å². The number of alkyl halides is 2. The van der Waals surface area contributed by atoms with Gasteiger partial charge in [-0.2, -0.15) is 0 Å². The maximum Gasteiger partial charge on any atom is 0.248 e. The predicted octanol–water partition coefficient (Wildman–Crippen LogP) is 4.76. The summed E-state index contributed by atoms with van der Waals surface area (Å²) in [5.74, 6) is -2.59. The van der Waals surface area contributed by atoms with Gasteiger partial charge in [0.25, 0.3) is 0 Å². The smallest absolute Gasteiger partial charge is 0.248 e. The van der Waals surface area contributed by atoms with Crippen LogP contribution in [0, 0.1) is 5.92 Å². The summed E-state index contributed by atoms with van der Waals surface area (Å²) in [6, 6.07) is 7.86. The molecule has 1 atom stereocenters. The van der Waals surface area contributed by atoms with E-state index in [1.165, 1.54) is 0 Å². The van der Waals surface area contributed by atoms with Crippen molar-refractivity contribution in [3.8, 4) is 0 Å². The molecule has 102 valence electrons. The normalized spacial score (nSPS) is 21.6. The van der Waals surface area contributed by atoms with Gasteiger partial charge in [-0.1, -0.05) is 18.2 Å². The van der Waals surface area contributed by atoms with Crippen molar-refractivity contribution in [2.24, 2.45) is 5.92 Å². The van der Waals surface area contributed by atoms with Crippen LogP contribution < -0.4 is 0 Å².